The molecule has 1 saturated heterocycles. The van der Waals surface area contributed by atoms with Crippen LogP contribution in [0, 0.1) is 11.6 Å². The van der Waals surface area contributed by atoms with Gasteiger partial charge in [-0.1, -0.05) is 60.7 Å². The third kappa shape index (κ3) is 5.77. The Morgan fingerprint density at radius 3 is 1.97 bits per heavy atom. The molecule has 0 aromatic heterocycles. The molecular formula is C26H26F2N4O2. The van der Waals surface area contributed by atoms with Crippen LogP contribution in [0.4, 0.5) is 19.3 Å². The Morgan fingerprint density at radius 2 is 1.41 bits per heavy atom. The molecule has 176 valence electrons. The van der Waals surface area contributed by atoms with Gasteiger partial charge in [0, 0.05) is 32.2 Å². The van der Waals surface area contributed by atoms with Crippen LogP contribution < -0.4 is 10.6 Å². The van der Waals surface area contributed by atoms with Gasteiger partial charge in [0.15, 0.2) is 0 Å². The van der Waals surface area contributed by atoms with Crippen molar-refractivity contribution in [3.05, 3.63) is 102 Å². The normalized spacial score (nSPS) is 14.1. The molecule has 0 atom stereocenters. The summed E-state index contributed by atoms with van der Waals surface area (Å²) in [6.07, 6.45) is 0. The second-order valence-corrected chi connectivity index (χ2v) is 8.07. The molecular weight excluding hydrogens is 438 g/mol. The molecule has 0 radical (unpaired) electrons. The maximum atomic E-state index is 13.7. The topological polar surface area (TPSA) is 64.7 Å². The van der Waals surface area contributed by atoms with E-state index in [1.54, 1.807) is 4.90 Å². The Morgan fingerprint density at radius 1 is 0.824 bits per heavy atom. The summed E-state index contributed by atoms with van der Waals surface area (Å²) < 4.78 is 26.7. The van der Waals surface area contributed by atoms with Crippen LogP contribution in [-0.2, 0) is 4.79 Å². The number of carbonyl (C=O) groups excluding carboxylic acids is 2. The first-order valence-electron chi connectivity index (χ1n) is 11.1. The van der Waals surface area contributed by atoms with Crippen molar-refractivity contribution in [3.8, 4) is 0 Å². The predicted octanol–water partition coefficient (Wildman–Crippen LogP) is 4.02. The third-order valence-electron chi connectivity index (χ3n) is 5.84. The van der Waals surface area contributed by atoms with Crippen molar-refractivity contribution in [1.82, 2.24) is 15.1 Å². The van der Waals surface area contributed by atoms with Gasteiger partial charge in [0.2, 0.25) is 5.91 Å². The molecule has 1 heterocycles. The van der Waals surface area contributed by atoms with E-state index in [0.717, 1.165) is 12.1 Å². The number of benzene rings is 3. The number of hydrogen-bond donors (Lipinski definition) is 2. The van der Waals surface area contributed by atoms with E-state index in [1.165, 1.54) is 11.1 Å². The fourth-order valence-electron chi connectivity index (χ4n) is 4.14. The summed E-state index contributed by atoms with van der Waals surface area (Å²) in [6, 6.07) is 22.8. The number of nitrogens with one attached hydrogen (secondary N) is 2. The molecule has 0 spiro atoms. The minimum atomic E-state index is -0.885. The lowest BCUT2D eigenvalue weighted by Crippen LogP contribution is -2.52. The summed E-state index contributed by atoms with van der Waals surface area (Å²) in [7, 11) is 0. The zero-order valence-corrected chi connectivity index (χ0v) is 18.6. The zero-order chi connectivity index (χ0) is 23.9. The maximum Gasteiger partial charge on any atom is 0.319 e. The Labute approximate surface area is 197 Å². The van der Waals surface area contributed by atoms with Gasteiger partial charge in [-0.25, -0.2) is 13.6 Å². The lowest BCUT2D eigenvalue weighted by molar-refractivity contribution is -0.132. The molecule has 8 heteroatoms. The van der Waals surface area contributed by atoms with E-state index in [4.69, 9.17) is 0 Å². The van der Waals surface area contributed by atoms with Crippen molar-refractivity contribution in [2.24, 2.45) is 0 Å². The van der Waals surface area contributed by atoms with Crippen LogP contribution in [-0.4, -0.2) is 54.5 Å². The average Bonchev–Trinajstić information content (AvgIpc) is 2.86. The van der Waals surface area contributed by atoms with Crippen LogP contribution in [0.1, 0.15) is 17.2 Å². The largest absolute Gasteiger partial charge is 0.339 e. The van der Waals surface area contributed by atoms with Gasteiger partial charge in [-0.15, -0.1) is 0 Å². The molecule has 0 saturated carbocycles. The highest BCUT2D eigenvalue weighted by Gasteiger charge is 2.28. The summed E-state index contributed by atoms with van der Waals surface area (Å²) in [5, 5.41) is 4.72. The van der Waals surface area contributed by atoms with Crippen LogP contribution in [0.25, 0.3) is 0 Å². The molecule has 34 heavy (non-hydrogen) atoms. The Kier molecular flexibility index (Phi) is 7.49. The lowest BCUT2D eigenvalue weighted by Gasteiger charge is -2.39. The van der Waals surface area contributed by atoms with Crippen molar-refractivity contribution in [2.45, 2.75) is 6.04 Å². The number of hydrogen-bond acceptors (Lipinski definition) is 3. The van der Waals surface area contributed by atoms with E-state index in [0.29, 0.717) is 32.2 Å². The monoisotopic (exact) mass is 464 g/mol. The van der Waals surface area contributed by atoms with Crippen LogP contribution >= 0.6 is 0 Å². The molecule has 0 bridgehead atoms. The number of anilines is 1. The van der Waals surface area contributed by atoms with Crippen LogP contribution in [0.5, 0.6) is 0 Å². The van der Waals surface area contributed by atoms with Crippen molar-refractivity contribution in [3.63, 3.8) is 0 Å². The molecule has 1 aliphatic rings. The van der Waals surface area contributed by atoms with Gasteiger partial charge in [-0.05, 0) is 23.3 Å². The van der Waals surface area contributed by atoms with E-state index in [-0.39, 0.29) is 24.2 Å². The minimum Gasteiger partial charge on any atom is -0.339 e. The standard InChI is InChI=1S/C26H26F2N4O2/c27-21-11-12-23(22(28)17-21)30-26(34)29-18-24(33)31-13-15-32(16-14-31)25(19-7-3-1-4-8-19)20-9-5-2-6-10-20/h1-12,17,25H,13-16,18H2,(H2,29,30,34). The Bertz CT molecular complexity index is 1080. The molecule has 3 aromatic carbocycles. The highest BCUT2D eigenvalue weighted by atomic mass is 19.1. The first-order valence-corrected chi connectivity index (χ1v) is 11.1. The molecule has 0 aliphatic carbocycles. The highest BCUT2D eigenvalue weighted by Crippen LogP contribution is 2.29. The first kappa shape index (κ1) is 23.4. The Hall–Kier alpha value is -3.78. The number of amides is 3. The van der Waals surface area contributed by atoms with Gasteiger partial charge >= 0.3 is 6.03 Å². The number of halogens is 2. The van der Waals surface area contributed by atoms with Crippen LogP contribution in [0.3, 0.4) is 0 Å². The lowest BCUT2D eigenvalue weighted by atomic mass is 9.96. The number of rotatable bonds is 6. The van der Waals surface area contributed by atoms with E-state index in [2.05, 4.69) is 39.8 Å². The number of piperazine rings is 1. The molecule has 4 rings (SSSR count). The van der Waals surface area contributed by atoms with Gasteiger partial charge < -0.3 is 15.5 Å². The first-order chi connectivity index (χ1) is 16.5. The third-order valence-corrected chi connectivity index (χ3v) is 5.84. The van der Waals surface area contributed by atoms with Crippen molar-refractivity contribution in [1.29, 1.82) is 0 Å². The highest BCUT2D eigenvalue weighted by molar-refractivity contribution is 5.92. The summed E-state index contributed by atoms with van der Waals surface area (Å²) in [4.78, 5) is 28.7. The number of carbonyl (C=O) groups is 2. The van der Waals surface area contributed by atoms with E-state index in [9.17, 15) is 18.4 Å². The maximum absolute atomic E-state index is 13.7. The summed E-state index contributed by atoms with van der Waals surface area (Å²) in [5.41, 5.74) is 2.23. The average molecular weight is 465 g/mol. The molecule has 3 amide bonds. The second-order valence-electron chi connectivity index (χ2n) is 8.07. The minimum absolute atomic E-state index is 0.0918. The second kappa shape index (κ2) is 10.9. The van der Waals surface area contributed by atoms with Gasteiger partial charge in [-0.3, -0.25) is 9.69 Å². The molecule has 3 aromatic rings. The molecule has 1 aliphatic heterocycles. The molecule has 6 nitrogen and oxygen atoms in total. The fraction of sp³-hybridized carbons (Fsp3) is 0.231. The summed E-state index contributed by atoms with van der Waals surface area (Å²) >= 11 is 0. The van der Waals surface area contributed by atoms with E-state index >= 15 is 0 Å². The zero-order valence-electron chi connectivity index (χ0n) is 18.6. The van der Waals surface area contributed by atoms with Gasteiger partial charge in [0.1, 0.15) is 11.6 Å². The Balaban J connectivity index is 1.31. The van der Waals surface area contributed by atoms with Gasteiger partial charge in [0.25, 0.3) is 0 Å². The summed E-state index contributed by atoms with van der Waals surface area (Å²) in [5.74, 6) is -1.84. The van der Waals surface area contributed by atoms with Gasteiger partial charge in [0.05, 0.1) is 18.3 Å². The van der Waals surface area contributed by atoms with Crippen molar-refractivity contribution in [2.75, 3.05) is 38.0 Å². The predicted molar refractivity (Wildman–Crippen MR) is 126 cm³/mol. The fourth-order valence-corrected chi connectivity index (χ4v) is 4.14. The molecule has 1 fully saturated rings. The number of urea groups is 1. The van der Waals surface area contributed by atoms with E-state index < -0.39 is 17.7 Å². The van der Waals surface area contributed by atoms with Crippen LogP contribution in [0.2, 0.25) is 0 Å². The van der Waals surface area contributed by atoms with E-state index in [1.807, 2.05) is 36.4 Å². The molecule has 0 unspecified atom stereocenters. The SMILES string of the molecule is O=C(NCC(=O)N1CCN(C(c2ccccc2)c2ccccc2)CC1)Nc1ccc(F)cc1F. The molecule has 2 N–H and O–H groups in total. The summed E-state index contributed by atoms with van der Waals surface area (Å²) in [6.45, 7) is 2.23. The van der Waals surface area contributed by atoms with Crippen molar-refractivity contribution >= 4 is 17.6 Å². The van der Waals surface area contributed by atoms with Crippen LogP contribution in [0.15, 0.2) is 78.9 Å². The smallest absolute Gasteiger partial charge is 0.319 e. The quantitative estimate of drug-likeness (QED) is 0.579. The van der Waals surface area contributed by atoms with Gasteiger partial charge in [-0.2, -0.15) is 0 Å². The number of nitrogens with zero attached hydrogens (tertiary/aromatic N) is 2. The van der Waals surface area contributed by atoms with Crippen molar-refractivity contribution < 1.29 is 18.4 Å².